The fraction of sp³-hybridized carbons (Fsp3) is 0.214. The van der Waals surface area contributed by atoms with E-state index >= 15 is 0 Å². The van der Waals surface area contributed by atoms with E-state index in [1.165, 1.54) is 23.3 Å². The summed E-state index contributed by atoms with van der Waals surface area (Å²) in [5, 5.41) is 7.72. The fourth-order valence-electron chi connectivity index (χ4n) is 4.03. The number of halogens is 1. The van der Waals surface area contributed by atoms with Gasteiger partial charge in [0, 0.05) is 24.9 Å². The molecule has 0 aliphatic rings. The van der Waals surface area contributed by atoms with Gasteiger partial charge in [0.2, 0.25) is 5.91 Å². The number of rotatable bonds is 8. The first-order valence-corrected chi connectivity index (χ1v) is 11.2. The molecule has 0 atom stereocenters. The Bertz CT molecular complexity index is 1280. The predicted molar refractivity (Wildman–Crippen MR) is 132 cm³/mol. The molecule has 0 radical (unpaired) electrons. The van der Waals surface area contributed by atoms with Gasteiger partial charge in [-0.2, -0.15) is 5.10 Å². The van der Waals surface area contributed by atoms with Gasteiger partial charge in [-0.1, -0.05) is 41.5 Å². The van der Waals surface area contributed by atoms with Crippen molar-refractivity contribution in [3.8, 4) is 22.7 Å². The van der Waals surface area contributed by atoms with Gasteiger partial charge in [0.25, 0.3) is 0 Å². The van der Waals surface area contributed by atoms with Crippen LogP contribution in [0.2, 0.25) is 0 Å². The number of nitrogens with zero attached hydrogens (tertiary/aromatic N) is 2. The number of carbonyl (C=O) groups is 1. The minimum atomic E-state index is -0.313. The average Bonchev–Trinajstić information content (AvgIpc) is 3.25. The lowest BCUT2D eigenvalue weighted by atomic mass is 10.1. The lowest BCUT2D eigenvalue weighted by molar-refractivity contribution is -0.121. The number of ether oxygens (including phenoxy) is 1. The third kappa shape index (κ3) is 5.70. The van der Waals surface area contributed by atoms with Crippen LogP contribution in [0, 0.1) is 19.7 Å². The first-order valence-electron chi connectivity index (χ1n) is 11.2. The predicted octanol–water partition coefficient (Wildman–Crippen LogP) is 5.55. The van der Waals surface area contributed by atoms with E-state index in [1.807, 2.05) is 50.2 Å². The number of aryl methyl sites for hydroxylation is 3. The normalized spacial score (nSPS) is 10.8. The first kappa shape index (κ1) is 23.2. The Morgan fingerprint density at radius 3 is 2.41 bits per heavy atom. The van der Waals surface area contributed by atoms with E-state index < -0.39 is 0 Å². The van der Waals surface area contributed by atoms with E-state index in [0.29, 0.717) is 24.9 Å². The van der Waals surface area contributed by atoms with Crippen molar-refractivity contribution in [1.82, 2.24) is 15.1 Å². The van der Waals surface area contributed by atoms with Gasteiger partial charge in [0.05, 0.1) is 24.2 Å². The number of nitrogens with one attached hydrogen (secondary N) is 1. The molecule has 1 heterocycles. The molecule has 34 heavy (non-hydrogen) atoms. The molecule has 0 aliphatic carbocycles. The summed E-state index contributed by atoms with van der Waals surface area (Å²) in [7, 11) is 1.62. The van der Waals surface area contributed by atoms with Crippen LogP contribution in [0.15, 0.2) is 72.8 Å². The zero-order chi connectivity index (χ0) is 24.1. The molecule has 174 valence electrons. The Morgan fingerprint density at radius 2 is 1.74 bits per heavy atom. The molecule has 0 unspecified atom stereocenters. The summed E-state index contributed by atoms with van der Waals surface area (Å²) in [6, 6.07) is 22.1. The Balaban J connectivity index is 1.50. The molecule has 1 N–H and O–H groups in total. The minimum Gasteiger partial charge on any atom is -0.497 e. The van der Waals surface area contributed by atoms with Gasteiger partial charge >= 0.3 is 0 Å². The molecule has 6 heteroatoms. The van der Waals surface area contributed by atoms with Crippen LogP contribution >= 0.6 is 0 Å². The van der Waals surface area contributed by atoms with Gasteiger partial charge in [-0.15, -0.1) is 0 Å². The van der Waals surface area contributed by atoms with Crippen LogP contribution < -0.4 is 10.1 Å². The van der Waals surface area contributed by atoms with Crippen molar-refractivity contribution in [1.29, 1.82) is 0 Å². The molecule has 0 aliphatic heterocycles. The van der Waals surface area contributed by atoms with E-state index in [2.05, 4.69) is 23.5 Å². The summed E-state index contributed by atoms with van der Waals surface area (Å²) in [6.45, 7) is 4.59. The van der Waals surface area contributed by atoms with Crippen LogP contribution in [0.3, 0.4) is 0 Å². The first-order chi connectivity index (χ1) is 16.4. The molecule has 5 nitrogen and oxygen atoms in total. The summed E-state index contributed by atoms with van der Waals surface area (Å²) in [4.78, 5) is 12.5. The Morgan fingerprint density at radius 1 is 1.00 bits per heavy atom. The fourth-order valence-corrected chi connectivity index (χ4v) is 4.03. The third-order valence-electron chi connectivity index (χ3n) is 5.58. The molecule has 0 saturated heterocycles. The number of aromatic nitrogens is 2. The van der Waals surface area contributed by atoms with Crippen molar-refractivity contribution in [2.45, 2.75) is 33.2 Å². The standard InChI is InChI=1S/C28H28FN3O2/c1-19-13-20(2)15-21(14-19)18-30-28(33)12-7-24-17-27(22-5-4-6-23(29)16-22)32(31-24)25-8-10-26(34-3)11-9-25/h4-6,8-11,13-17H,7,12,18H2,1-3H3,(H,30,33). The number of hydrogen-bond acceptors (Lipinski definition) is 3. The maximum absolute atomic E-state index is 13.9. The monoisotopic (exact) mass is 457 g/mol. The molecule has 0 bridgehead atoms. The summed E-state index contributed by atoms with van der Waals surface area (Å²) in [5.74, 6) is 0.390. The minimum absolute atomic E-state index is 0.0366. The molecular weight excluding hydrogens is 429 g/mol. The summed E-state index contributed by atoms with van der Waals surface area (Å²) in [6.07, 6.45) is 0.789. The molecule has 0 saturated carbocycles. The van der Waals surface area contributed by atoms with E-state index in [9.17, 15) is 9.18 Å². The van der Waals surface area contributed by atoms with Crippen LogP contribution in [0.1, 0.15) is 28.8 Å². The lowest BCUT2D eigenvalue weighted by Gasteiger charge is -2.09. The van der Waals surface area contributed by atoms with Crippen LogP contribution in [0.5, 0.6) is 5.75 Å². The quantitative estimate of drug-likeness (QED) is 0.377. The van der Waals surface area contributed by atoms with Gasteiger partial charge in [-0.3, -0.25) is 4.79 Å². The topological polar surface area (TPSA) is 56.2 Å². The maximum Gasteiger partial charge on any atom is 0.220 e. The second-order valence-electron chi connectivity index (χ2n) is 8.41. The van der Waals surface area contributed by atoms with Gasteiger partial charge in [-0.05, 0) is 61.9 Å². The largest absolute Gasteiger partial charge is 0.497 e. The van der Waals surface area contributed by atoms with E-state index in [0.717, 1.165) is 28.4 Å². The molecule has 1 amide bonds. The van der Waals surface area contributed by atoms with Crippen molar-refractivity contribution < 1.29 is 13.9 Å². The zero-order valence-corrected chi connectivity index (χ0v) is 19.6. The van der Waals surface area contributed by atoms with Gasteiger partial charge in [-0.25, -0.2) is 9.07 Å². The second kappa shape index (κ2) is 10.3. The third-order valence-corrected chi connectivity index (χ3v) is 5.58. The second-order valence-corrected chi connectivity index (χ2v) is 8.41. The van der Waals surface area contributed by atoms with E-state index in [1.54, 1.807) is 17.9 Å². The number of benzene rings is 3. The van der Waals surface area contributed by atoms with Crippen molar-refractivity contribution in [2.75, 3.05) is 7.11 Å². The number of carbonyl (C=O) groups excluding carboxylic acids is 1. The molecule has 4 aromatic rings. The zero-order valence-electron chi connectivity index (χ0n) is 19.6. The van der Waals surface area contributed by atoms with Crippen molar-refractivity contribution >= 4 is 5.91 Å². The van der Waals surface area contributed by atoms with Crippen LogP contribution in [-0.4, -0.2) is 22.8 Å². The van der Waals surface area contributed by atoms with Gasteiger partial charge in [0.15, 0.2) is 0 Å². The molecule has 1 aromatic heterocycles. The molecule has 3 aromatic carbocycles. The van der Waals surface area contributed by atoms with E-state index in [4.69, 9.17) is 9.84 Å². The highest BCUT2D eigenvalue weighted by atomic mass is 19.1. The maximum atomic E-state index is 13.9. The highest BCUT2D eigenvalue weighted by Gasteiger charge is 2.14. The Labute approximate surface area is 199 Å². The van der Waals surface area contributed by atoms with Crippen LogP contribution in [0.4, 0.5) is 4.39 Å². The van der Waals surface area contributed by atoms with Crippen molar-refractivity contribution in [2.24, 2.45) is 0 Å². The average molecular weight is 458 g/mol. The van der Waals surface area contributed by atoms with Crippen LogP contribution in [-0.2, 0) is 17.8 Å². The Kier molecular flexibility index (Phi) is 7.07. The van der Waals surface area contributed by atoms with Crippen molar-refractivity contribution in [3.05, 3.63) is 101 Å². The molecule has 0 fully saturated rings. The highest BCUT2D eigenvalue weighted by molar-refractivity contribution is 5.76. The summed E-state index contributed by atoms with van der Waals surface area (Å²) in [5.41, 5.74) is 6.51. The number of amides is 1. The SMILES string of the molecule is COc1ccc(-n2nc(CCC(=O)NCc3cc(C)cc(C)c3)cc2-c2cccc(F)c2)cc1. The summed E-state index contributed by atoms with van der Waals surface area (Å²) >= 11 is 0. The summed E-state index contributed by atoms with van der Waals surface area (Å²) < 4.78 is 20.9. The number of methoxy groups -OCH3 is 1. The molecule has 4 rings (SSSR count). The Hall–Kier alpha value is -3.93. The van der Waals surface area contributed by atoms with E-state index in [-0.39, 0.29) is 11.7 Å². The molecule has 0 spiro atoms. The van der Waals surface area contributed by atoms with Crippen LogP contribution in [0.25, 0.3) is 16.9 Å². The lowest BCUT2D eigenvalue weighted by Crippen LogP contribution is -2.23. The molecular formula is C28H28FN3O2. The van der Waals surface area contributed by atoms with Crippen molar-refractivity contribution in [3.63, 3.8) is 0 Å². The van der Waals surface area contributed by atoms with Gasteiger partial charge < -0.3 is 10.1 Å². The van der Waals surface area contributed by atoms with Gasteiger partial charge in [0.1, 0.15) is 11.6 Å². The highest BCUT2D eigenvalue weighted by Crippen LogP contribution is 2.26. The number of hydrogen-bond donors (Lipinski definition) is 1. The smallest absolute Gasteiger partial charge is 0.220 e.